The maximum atomic E-state index is 12.5. The van der Waals surface area contributed by atoms with Gasteiger partial charge in [-0.1, -0.05) is 141 Å². The Morgan fingerprint density at radius 2 is 0.696 bits per heavy atom. The summed E-state index contributed by atoms with van der Waals surface area (Å²) in [6.45, 7) is 28.3. The fourth-order valence-corrected chi connectivity index (χ4v) is 29.9. The van der Waals surface area contributed by atoms with E-state index in [9.17, 15) is 29.7 Å². The van der Waals surface area contributed by atoms with Crippen molar-refractivity contribution in [3.8, 4) is 0 Å². The van der Waals surface area contributed by atoms with Crippen molar-refractivity contribution in [2.24, 2.45) is 95.3 Å². The molecule has 0 unspecified atom stereocenters. The average Bonchev–Trinajstić information content (AvgIpc) is 1.62. The van der Waals surface area contributed by atoms with Gasteiger partial charge >= 0.3 is 16.9 Å². The number of aliphatic hydroxyl groups is 3. The first-order chi connectivity index (χ1) is 60.3. The van der Waals surface area contributed by atoms with E-state index in [4.69, 9.17) is 27.8 Å². The predicted octanol–water partition coefficient (Wildman–Crippen LogP) is 20.1. The van der Waals surface area contributed by atoms with Gasteiger partial charge in [-0.15, -0.1) is 0 Å². The van der Waals surface area contributed by atoms with Crippen LogP contribution in [0.2, 0.25) is 0 Å². The van der Waals surface area contributed by atoms with Gasteiger partial charge in [0.15, 0.2) is 0 Å². The number of benzene rings is 2. The Bertz CT molecular complexity index is 4930. The lowest BCUT2D eigenvalue weighted by atomic mass is 9.45. The minimum Gasteiger partial charge on any atom is -0.431 e. The van der Waals surface area contributed by atoms with Gasteiger partial charge in [0, 0.05) is 54.1 Å². The minimum atomic E-state index is -0.682. The first-order valence-electron chi connectivity index (χ1n) is 49.2. The molecule has 15 aliphatic rings. The van der Waals surface area contributed by atoms with E-state index in [1.807, 2.05) is 18.2 Å². The van der Waals surface area contributed by atoms with Crippen molar-refractivity contribution in [2.45, 2.75) is 288 Å². The Kier molecular flexibility index (Phi) is 25.6. The molecular weight excluding hydrogens is 1560 g/mol. The highest BCUT2D eigenvalue weighted by molar-refractivity contribution is 5.97. The monoisotopic (exact) mass is 1710 g/mol. The molecule has 12 fully saturated rings. The van der Waals surface area contributed by atoms with Gasteiger partial charge in [-0.25, -0.2) is 14.4 Å². The minimum absolute atomic E-state index is 0.111. The van der Waals surface area contributed by atoms with E-state index in [1.165, 1.54) is 104 Å². The summed E-state index contributed by atoms with van der Waals surface area (Å²) in [5.41, 5.74) is 10.7. The van der Waals surface area contributed by atoms with Crippen LogP contribution in [0.4, 0.5) is 0 Å². The molecule has 18 heteroatoms. The zero-order valence-corrected chi connectivity index (χ0v) is 76.2. The molecule has 3 aliphatic heterocycles. The topological polar surface area (TPSA) is 226 Å². The van der Waals surface area contributed by atoms with Gasteiger partial charge in [0.2, 0.25) is 0 Å². The lowest BCUT2D eigenvalue weighted by molar-refractivity contribution is -0.176. The molecule has 0 spiro atoms. The molecular formula is C107H144N6O12. The van der Waals surface area contributed by atoms with Crippen LogP contribution >= 0.6 is 0 Å². The molecule has 3 saturated heterocycles. The fraction of sp³-hybridized carbons (Fsp3) is 0.664. The van der Waals surface area contributed by atoms with E-state index < -0.39 is 16.8 Å². The first kappa shape index (κ1) is 88.3. The Hall–Kier alpha value is -7.32. The third-order valence-corrected chi connectivity index (χ3v) is 37.7. The molecule has 2 aromatic carbocycles. The highest BCUT2D eigenvalue weighted by Crippen LogP contribution is 2.74. The number of piperidine rings is 3. The second-order valence-electron chi connectivity index (χ2n) is 43.4. The third-order valence-electron chi connectivity index (χ3n) is 37.7. The number of likely N-dealkylation sites (tertiary alicyclic amines) is 3. The van der Waals surface area contributed by atoms with Gasteiger partial charge in [-0.2, -0.15) is 0 Å². The van der Waals surface area contributed by atoms with Gasteiger partial charge in [0.05, 0.1) is 52.7 Å². The Balaban J connectivity index is 0.000000128. The molecule has 6 heterocycles. The van der Waals surface area contributed by atoms with Gasteiger partial charge in [0.25, 0.3) is 0 Å². The van der Waals surface area contributed by atoms with E-state index in [0.717, 1.165) is 246 Å². The zero-order chi connectivity index (χ0) is 86.6. The molecule has 20 rings (SSSR count). The van der Waals surface area contributed by atoms with Gasteiger partial charge in [-0.3, -0.25) is 14.7 Å². The molecule has 674 valence electrons. The molecule has 3 aromatic heterocycles. The standard InChI is InChI=1S/C38H50N2O4.C37H48N2O4.C32H46N2O4/c1-36-17-12-31(39-44-23-22-40-20-15-28(16-21-40)24-27-6-4-3-5-7-27)25-30(36)9-10-34-33(36)13-18-37(2)32(14-19-38(34,37)42)29-8-11-35(41)43-26-29;1-35-17-12-30(38-43-23-22-39-20-15-27(16-21-39)26-6-4-3-5-7-26)24-29(35)9-10-33-32(35)13-18-36(2)31(14-19-37(33,36)41)28-8-11-34(40)42-25-28;1-22-11-16-34(17-12-22)18-19-38-33-25-8-13-30(2)24(20-25)5-6-28-27(30)9-14-31(3)26(10-15-32(28,31)36)23-4-7-29(35)37-21-23/h3-8,11,25-26,28,32-34,42H,9-10,12-24H2,1-2H3;3-8,11,24-25,27,31-33,41H,9-10,12-23H2,1-2H3;4,7,20-22,26-28,36H,5-6,8-19H2,1-3H3/b39-31+;38-30+;33-25+/t32-,33+,34-,36+,37-,38+;31-,32+,33-,35+,36-,37+;26-,27+,28-,30+,31-,32+/m111/s1. The number of allylic oxidation sites excluding steroid dienone is 6. The van der Waals surface area contributed by atoms with Gasteiger partial charge in [0.1, 0.15) is 19.8 Å². The summed E-state index contributed by atoms with van der Waals surface area (Å²) in [6.07, 6.45) is 44.7. The summed E-state index contributed by atoms with van der Waals surface area (Å²) in [6, 6.07) is 32.2. The zero-order valence-electron chi connectivity index (χ0n) is 76.2. The number of oxime groups is 3. The van der Waals surface area contributed by atoms with Crippen molar-refractivity contribution in [1.29, 1.82) is 0 Å². The van der Waals surface area contributed by atoms with Gasteiger partial charge < -0.3 is 43.1 Å². The predicted molar refractivity (Wildman–Crippen MR) is 492 cm³/mol. The molecule has 12 aliphatic carbocycles. The van der Waals surface area contributed by atoms with Crippen LogP contribution in [0, 0.1) is 79.8 Å². The van der Waals surface area contributed by atoms with Crippen LogP contribution in [0.25, 0.3) is 0 Å². The van der Waals surface area contributed by atoms with Crippen molar-refractivity contribution in [1.82, 2.24) is 14.7 Å². The largest absolute Gasteiger partial charge is 0.431 e. The maximum absolute atomic E-state index is 12.5. The lowest BCUT2D eigenvalue weighted by Crippen LogP contribution is -2.60. The van der Waals surface area contributed by atoms with Crippen molar-refractivity contribution in [3.05, 3.63) is 210 Å². The smallest absolute Gasteiger partial charge is 0.335 e. The number of nitrogens with zero attached hydrogens (tertiary/aromatic N) is 6. The summed E-state index contributed by atoms with van der Waals surface area (Å²) < 4.78 is 15.7. The van der Waals surface area contributed by atoms with Crippen molar-refractivity contribution in [3.63, 3.8) is 0 Å². The molecule has 125 heavy (non-hydrogen) atoms. The van der Waals surface area contributed by atoms with Crippen LogP contribution in [-0.4, -0.2) is 143 Å². The molecule has 0 amide bonds. The lowest BCUT2D eigenvalue weighted by Gasteiger charge is -2.61. The van der Waals surface area contributed by atoms with Crippen molar-refractivity contribution in [2.75, 3.05) is 78.7 Å². The normalized spacial score (nSPS) is 38.2. The SMILES string of the molecule is CC1CCN(CCO/N=C2/C=C3CC[C@@H]4[C@H](CC[C@]5(C)[C@@H](c6ccc(=O)oc6)CC[C@]45O)[C@@]3(C)CC2)CC1.C[C@]12CC/C(=N\OCCN3CCC(Cc4ccccc4)CC3)C=C1CC[C@@H]1[C@@H]2CC[C@]2(C)[C@@H](c3ccc(=O)oc3)CC[C@]12O.C[C@]12CC/C(=N\OCCN3CCC(c4ccccc4)CC3)C=C1CC[C@@H]1[C@@H]2CC[C@]2(C)[C@@H](c3ccc(=O)oc3)CC[C@]12O. The first-order valence-corrected chi connectivity index (χ1v) is 49.2. The van der Waals surface area contributed by atoms with E-state index in [1.54, 1.807) is 18.8 Å². The number of hydrogen-bond donors (Lipinski definition) is 3. The Morgan fingerprint density at radius 1 is 0.360 bits per heavy atom. The summed E-state index contributed by atoms with van der Waals surface area (Å²) in [7, 11) is 0. The van der Waals surface area contributed by atoms with Crippen molar-refractivity contribution < 1.29 is 43.1 Å². The molecule has 3 N–H and O–H groups in total. The highest BCUT2D eigenvalue weighted by atomic mass is 16.6. The number of rotatable bonds is 18. The number of hydrogen-bond acceptors (Lipinski definition) is 18. The maximum Gasteiger partial charge on any atom is 0.335 e. The van der Waals surface area contributed by atoms with Gasteiger partial charge in [-0.05, 0) is 390 Å². The Labute approximate surface area is 742 Å². The average molecular weight is 1710 g/mol. The van der Waals surface area contributed by atoms with Crippen molar-refractivity contribution >= 4 is 17.1 Å². The molecule has 18 atom stereocenters. The van der Waals surface area contributed by atoms with E-state index >= 15 is 0 Å². The van der Waals surface area contributed by atoms with E-state index in [-0.39, 0.29) is 67.1 Å². The van der Waals surface area contributed by atoms with Crippen LogP contribution in [0.3, 0.4) is 0 Å². The number of fused-ring (bicyclic) bond motifs is 15. The summed E-state index contributed by atoms with van der Waals surface area (Å²) >= 11 is 0. The molecule has 9 saturated carbocycles. The van der Waals surface area contributed by atoms with Crippen LogP contribution < -0.4 is 16.9 Å². The van der Waals surface area contributed by atoms with Crippen LogP contribution in [-0.2, 0) is 20.9 Å². The summed E-state index contributed by atoms with van der Waals surface area (Å²) in [4.78, 5) is 59.9. The van der Waals surface area contributed by atoms with Crippen LogP contribution in [0.5, 0.6) is 0 Å². The fourth-order valence-electron chi connectivity index (χ4n) is 29.9. The molecule has 5 aromatic rings. The van der Waals surface area contributed by atoms with Crippen LogP contribution in [0.15, 0.2) is 194 Å². The molecule has 18 nitrogen and oxygen atoms in total. The third kappa shape index (κ3) is 16.9. The summed E-state index contributed by atoms with van der Waals surface area (Å²) in [5.74, 6) is 5.39. The highest BCUT2D eigenvalue weighted by Gasteiger charge is 2.70. The Morgan fingerprint density at radius 3 is 1.04 bits per heavy atom. The second-order valence-corrected chi connectivity index (χ2v) is 43.4. The quantitative estimate of drug-likeness (QED) is 0.0548. The second kappa shape index (κ2) is 36.2. The molecule has 0 radical (unpaired) electrons. The van der Waals surface area contributed by atoms with E-state index in [0.29, 0.717) is 61.2 Å². The van der Waals surface area contributed by atoms with Crippen LogP contribution in [0.1, 0.15) is 293 Å². The van der Waals surface area contributed by atoms with E-state index in [2.05, 4.69) is 158 Å². The summed E-state index contributed by atoms with van der Waals surface area (Å²) in [5, 5.41) is 51.2. The molecule has 0 bridgehead atoms.